The first-order valence-corrected chi connectivity index (χ1v) is 20.7. The first kappa shape index (κ1) is 36.5. The lowest BCUT2D eigenvalue weighted by Crippen LogP contribution is -2.24. The van der Waals surface area contributed by atoms with Crippen LogP contribution in [0.4, 0.5) is 17.1 Å². The molecule has 5 aromatic rings. The lowest BCUT2D eigenvalue weighted by atomic mass is 9.65. The highest BCUT2D eigenvalue weighted by Gasteiger charge is 2.39. The largest absolute Gasteiger partial charge is 0.310 e. The Balaban J connectivity index is 1.11. The van der Waals surface area contributed by atoms with Crippen LogP contribution in [0.3, 0.4) is 0 Å². The summed E-state index contributed by atoms with van der Waals surface area (Å²) in [4.78, 5) is 2.43. The third-order valence-electron chi connectivity index (χ3n) is 13.1. The van der Waals surface area contributed by atoms with Crippen LogP contribution in [0.5, 0.6) is 0 Å². The highest BCUT2D eigenvalue weighted by Crippen LogP contribution is 2.54. The van der Waals surface area contributed by atoms with Gasteiger partial charge in [-0.1, -0.05) is 167 Å². The molecule has 0 heterocycles. The van der Waals surface area contributed by atoms with Crippen molar-refractivity contribution in [2.45, 2.75) is 98.3 Å². The van der Waals surface area contributed by atoms with Crippen molar-refractivity contribution < 1.29 is 0 Å². The quantitative estimate of drug-likeness (QED) is 0.178. The molecule has 1 nitrogen and oxygen atoms in total. The minimum atomic E-state index is -0.170. The van der Waals surface area contributed by atoms with Crippen molar-refractivity contribution in [1.29, 1.82) is 0 Å². The zero-order valence-corrected chi connectivity index (χ0v) is 35.3. The molecule has 56 heavy (non-hydrogen) atoms. The highest BCUT2D eigenvalue weighted by atomic mass is 15.1. The van der Waals surface area contributed by atoms with Crippen molar-refractivity contribution in [2.75, 3.05) is 4.90 Å². The zero-order valence-electron chi connectivity index (χ0n) is 35.3. The van der Waals surface area contributed by atoms with Gasteiger partial charge in [-0.05, 0) is 131 Å². The van der Waals surface area contributed by atoms with Crippen LogP contribution in [0.1, 0.15) is 121 Å². The Morgan fingerprint density at radius 3 is 1.68 bits per heavy atom. The van der Waals surface area contributed by atoms with E-state index in [0.717, 1.165) is 0 Å². The monoisotopic (exact) mass is 731 g/mol. The summed E-state index contributed by atoms with van der Waals surface area (Å²) in [6.07, 6.45) is 14.6. The molecule has 0 amide bonds. The molecule has 282 valence electrons. The molecular formula is C55H57N. The predicted octanol–water partition coefficient (Wildman–Crippen LogP) is 15.4. The molecule has 4 aliphatic rings. The Labute approximate surface area is 336 Å². The molecule has 5 aromatic carbocycles. The number of hydrogen-bond donors (Lipinski definition) is 0. The molecule has 4 aliphatic carbocycles. The maximum Gasteiger partial charge on any atom is 0.0465 e. The van der Waals surface area contributed by atoms with Crippen LogP contribution in [0, 0.1) is 11.3 Å². The summed E-state index contributed by atoms with van der Waals surface area (Å²) in [5.41, 5.74) is 21.6. The number of fused-ring (bicyclic) bond motifs is 3. The topological polar surface area (TPSA) is 3.24 Å². The summed E-state index contributed by atoms with van der Waals surface area (Å²) < 4.78 is 0. The van der Waals surface area contributed by atoms with E-state index in [1.165, 1.54) is 89.4 Å². The average Bonchev–Trinajstić information content (AvgIpc) is 3.38. The van der Waals surface area contributed by atoms with Crippen molar-refractivity contribution in [1.82, 2.24) is 0 Å². The fourth-order valence-corrected chi connectivity index (χ4v) is 9.66. The van der Waals surface area contributed by atoms with Gasteiger partial charge in [0.2, 0.25) is 0 Å². The van der Waals surface area contributed by atoms with Gasteiger partial charge in [-0.25, -0.2) is 0 Å². The Morgan fingerprint density at radius 1 is 0.536 bits per heavy atom. The molecular weight excluding hydrogens is 675 g/mol. The summed E-state index contributed by atoms with van der Waals surface area (Å²) >= 11 is 0. The second kappa shape index (κ2) is 12.4. The maximum atomic E-state index is 2.52. The minimum absolute atomic E-state index is 0.0931. The number of nitrogens with zero attached hydrogens (tertiary/aromatic N) is 1. The molecule has 0 aromatic heterocycles. The Morgan fingerprint density at radius 2 is 1.09 bits per heavy atom. The standard InChI is InChI=1S/C55H57N/c1-52(2,3)38-17-21-41(22-18-38)56(42-23-19-39(20-24-42)53(4,5)6)43-25-29-46-45-27-15-35(32-48(45)55(10,11)49(46)33-43)44-26-14-34-12-13-36-30-40(54(7,8)9)31-37-16-28-47(44)51(34)50(36)37/h12-33,37,50H,1-11H3. The SMILES string of the molecule is CC(C)(C)C1=CC2C=Cc3c(-c4ccc5c(c4)C(C)(C)c4cc(N(c6ccc(C(C)(C)C)cc6)c6ccc(C(C)(C)C)cc6)ccc4-5)ccc4c3C2C(=C1)C=C4. The van der Waals surface area contributed by atoms with Crippen molar-refractivity contribution in [3.8, 4) is 22.3 Å². The average molecular weight is 732 g/mol. The van der Waals surface area contributed by atoms with Gasteiger partial charge in [-0.15, -0.1) is 0 Å². The van der Waals surface area contributed by atoms with Gasteiger partial charge in [0.15, 0.2) is 0 Å². The number of rotatable bonds is 4. The fraction of sp³-hybridized carbons (Fsp3) is 0.309. The van der Waals surface area contributed by atoms with E-state index in [4.69, 9.17) is 0 Å². The van der Waals surface area contributed by atoms with Crippen LogP contribution in [0.25, 0.3) is 34.4 Å². The lowest BCUT2D eigenvalue weighted by molar-refractivity contribution is 0.499. The van der Waals surface area contributed by atoms with Gasteiger partial charge in [0, 0.05) is 34.3 Å². The van der Waals surface area contributed by atoms with Gasteiger partial charge >= 0.3 is 0 Å². The minimum Gasteiger partial charge on any atom is -0.310 e. The van der Waals surface area contributed by atoms with E-state index < -0.39 is 0 Å². The zero-order chi connectivity index (χ0) is 39.5. The van der Waals surface area contributed by atoms with Crippen LogP contribution in [-0.2, 0) is 16.2 Å². The van der Waals surface area contributed by atoms with Crippen molar-refractivity contribution in [3.63, 3.8) is 0 Å². The van der Waals surface area contributed by atoms with Gasteiger partial charge in [0.1, 0.15) is 0 Å². The van der Waals surface area contributed by atoms with Crippen molar-refractivity contribution in [3.05, 3.63) is 171 Å². The first-order valence-electron chi connectivity index (χ1n) is 20.7. The Kier molecular flexibility index (Phi) is 8.10. The third-order valence-corrected chi connectivity index (χ3v) is 13.1. The van der Waals surface area contributed by atoms with E-state index >= 15 is 0 Å². The molecule has 2 unspecified atom stereocenters. The van der Waals surface area contributed by atoms with Crippen LogP contribution in [-0.4, -0.2) is 0 Å². The van der Waals surface area contributed by atoms with Gasteiger partial charge < -0.3 is 4.90 Å². The number of anilines is 3. The second-order valence-electron chi connectivity index (χ2n) is 20.3. The van der Waals surface area contributed by atoms with Crippen molar-refractivity contribution in [2.24, 2.45) is 11.3 Å². The van der Waals surface area contributed by atoms with E-state index in [9.17, 15) is 0 Å². The van der Waals surface area contributed by atoms with E-state index in [1.807, 2.05) is 0 Å². The summed E-state index contributed by atoms with van der Waals surface area (Å²) in [6, 6.07) is 37.5. The first-order chi connectivity index (χ1) is 26.4. The Hall–Kier alpha value is -5.14. The Bertz CT molecular complexity index is 2470. The molecule has 0 bridgehead atoms. The molecule has 1 heteroatoms. The predicted molar refractivity (Wildman–Crippen MR) is 241 cm³/mol. The molecule has 2 atom stereocenters. The van der Waals surface area contributed by atoms with Gasteiger partial charge in [-0.3, -0.25) is 0 Å². The van der Waals surface area contributed by atoms with E-state index in [0.29, 0.717) is 11.8 Å². The molecule has 0 saturated carbocycles. The molecule has 0 saturated heterocycles. The summed E-state index contributed by atoms with van der Waals surface area (Å²) in [5, 5.41) is 0. The van der Waals surface area contributed by atoms with E-state index in [-0.39, 0.29) is 21.7 Å². The number of benzene rings is 5. The van der Waals surface area contributed by atoms with E-state index in [1.54, 1.807) is 0 Å². The fourth-order valence-electron chi connectivity index (χ4n) is 9.66. The maximum absolute atomic E-state index is 2.52. The molecule has 9 rings (SSSR count). The number of hydrogen-bond acceptors (Lipinski definition) is 1. The van der Waals surface area contributed by atoms with E-state index in [2.05, 4.69) is 215 Å². The van der Waals surface area contributed by atoms with Crippen LogP contribution >= 0.6 is 0 Å². The molecule has 0 N–H and O–H groups in total. The molecule has 0 spiro atoms. The smallest absolute Gasteiger partial charge is 0.0465 e. The highest BCUT2D eigenvalue weighted by molar-refractivity contribution is 5.90. The summed E-state index contributed by atoms with van der Waals surface area (Å²) in [6.45, 7) is 25.5. The van der Waals surface area contributed by atoms with Crippen LogP contribution in [0.2, 0.25) is 0 Å². The lowest BCUT2D eigenvalue weighted by Gasteiger charge is -2.39. The second-order valence-corrected chi connectivity index (χ2v) is 20.3. The van der Waals surface area contributed by atoms with Gasteiger partial charge in [0.05, 0.1) is 0 Å². The van der Waals surface area contributed by atoms with Crippen LogP contribution in [0.15, 0.2) is 133 Å². The molecule has 0 aliphatic heterocycles. The number of allylic oxidation sites excluding steroid dienone is 6. The van der Waals surface area contributed by atoms with Gasteiger partial charge in [0.25, 0.3) is 0 Å². The third kappa shape index (κ3) is 5.89. The summed E-state index contributed by atoms with van der Waals surface area (Å²) in [7, 11) is 0. The van der Waals surface area contributed by atoms with Crippen molar-refractivity contribution >= 4 is 29.2 Å². The molecule has 0 radical (unpaired) electrons. The van der Waals surface area contributed by atoms with Crippen LogP contribution < -0.4 is 4.90 Å². The molecule has 0 fully saturated rings. The van der Waals surface area contributed by atoms with Gasteiger partial charge in [-0.2, -0.15) is 0 Å². The summed E-state index contributed by atoms with van der Waals surface area (Å²) in [5.74, 6) is 0.776. The normalized spacial score (nSPS) is 18.8.